The Bertz CT molecular complexity index is 1370. The number of aliphatic hydroxyl groups excluding tert-OH is 1. The van der Waals surface area contributed by atoms with Crippen molar-refractivity contribution in [3.05, 3.63) is 71.4 Å². The van der Waals surface area contributed by atoms with Crippen LogP contribution in [0, 0.1) is 0 Å². The maximum atomic E-state index is 11.6. The Hall–Kier alpha value is -3.56. The summed E-state index contributed by atoms with van der Waals surface area (Å²) in [4.78, 5) is 25.8. The van der Waals surface area contributed by atoms with E-state index in [1.54, 1.807) is 0 Å². The van der Waals surface area contributed by atoms with E-state index in [4.69, 9.17) is 15.0 Å². The SMILES string of the molecule is CCC(C(=O)O)c1ccc2nc(Nc3cc(Cc4ccccc4)nc(NC4CCC(O)CC4)n3)sc2c1. The molecule has 5 rings (SSSR count). The van der Waals surface area contributed by atoms with Crippen molar-refractivity contribution in [1.82, 2.24) is 15.0 Å². The standard InChI is InChI=1S/C28H31N5O3S/c1-2-22(26(35)36)18-8-13-23-24(15-18)37-28(31-23)33-25-16-20(14-17-6-4-3-5-7-17)30-27(32-25)29-19-9-11-21(34)12-10-19/h3-8,13,15-16,19,21-22,34H,2,9-12,14H2,1H3,(H,35,36)(H2,29,30,31,32,33). The van der Waals surface area contributed by atoms with Crippen LogP contribution in [-0.4, -0.2) is 43.3 Å². The summed E-state index contributed by atoms with van der Waals surface area (Å²) >= 11 is 1.47. The van der Waals surface area contributed by atoms with Crippen LogP contribution in [0.5, 0.6) is 0 Å². The van der Waals surface area contributed by atoms with Crippen molar-refractivity contribution in [3.8, 4) is 0 Å². The Morgan fingerprint density at radius 1 is 1.05 bits per heavy atom. The Kier molecular flexibility index (Phi) is 7.62. The number of aromatic nitrogens is 3. The van der Waals surface area contributed by atoms with Crippen LogP contribution in [0.3, 0.4) is 0 Å². The van der Waals surface area contributed by atoms with Crippen molar-refractivity contribution in [2.24, 2.45) is 0 Å². The van der Waals surface area contributed by atoms with E-state index in [1.807, 2.05) is 49.4 Å². The van der Waals surface area contributed by atoms with Crippen LogP contribution >= 0.6 is 11.3 Å². The fraction of sp³-hybridized carbons (Fsp3) is 0.357. The molecule has 0 aliphatic heterocycles. The normalized spacial score (nSPS) is 18.4. The highest BCUT2D eigenvalue weighted by Crippen LogP contribution is 2.32. The Morgan fingerprint density at radius 3 is 2.57 bits per heavy atom. The topological polar surface area (TPSA) is 120 Å². The molecule has 1 unspecified atom stereocenters. The number of carboxylic acids is 1. The second kappa shape index (κ2) is 11.2. The van der Waals surface area contributed by atoms with E-state index in [2.05, 4.69) is 22.8 Å². The fourth-order valence-corrected chi connectivity index (χ4v) is 5.72. The molecule has 0 bridgehead atoms. The second-order valence-corrected chi connectivity index (χ2v) is 10.6. The number of anilines is 3. The molecule has 1 aliphatic rings. The molecular weight excluding hydrogens is 486 g/mol. The summed E-state index contributed by atoms with van der Waals surface area (Å²) in [6.07, 6.45) is 4.31. The predicted octanol–water partition coefficient (Wildman–Crippen LogP) is 5.71. The first-order chi connectivity index (χ1) is 18.0. The van der Waals surface area contributed by atoms with E-state index in [1.165, 1.54) is 11.3 Å². The minimum Gasteiger partial charge on any atom is -0.481 e. The van der Waals surface area contributed by atoms with Crippen LogP contribution in [0.2, 0.25) is 0 Å². The van der Waals surface area contributed by atoms with Gasteiger partial charge in [-0.1, -0.05) is 54.7 Å². The summed E-state index contributed by atoms with van der Waals surface area (Å²) in [5, 5.41) is 26.9. The molecule has 2 aromatic carbocycles. The number of aliphatic hydroxyl groups is 1. The van der Waals surface area contributed by atoms with E-state index < -0.39 is 11.9 Å². The third-order valence-corrected chi connectivity index (χ3v) is 7.73. The summed E-state index contributed by atoms with van der Waals surface area (Å²) in [6.45, 7) is 1.88. The molecule has 2 heterocycles. The van der Waals surface area contributed by atoms with Gasteiger partial charge in [0.2, 0.25) is 5.95 Å². The lowest BCUT2D eigenvalue weighted by Gasteiger charge is -2.26. The van der Waals surface area contributed by atoms with Crippen LogP contribution in [0.4, 0.5) is 16.9 Å². The molecule has 1 fully saturated rings. The minimum atomic E-state index is -0.816. The molecule has 4 aromatic rings. The molecule has 9 heteroatoms. The molecule has 4 N–H and O–H groups in total. The van der Waals surface area contributed by atoms with Gasteiger partial charge in [0, 0.05) is 18.5 Å². The van der Waals surface area contributed by atoms with Gasteiger partial charge in [0.25, 0.3) is 0 Å². The summed E-state index contributed by atoms with van der Waals surface area (Å²) in [6, 6.07) is 18.0. The smallest absolute Gasteiger partial charge is 0.310 e. The number of carbonyl (C=O) groups is 1. The van der Waals surface area contributed by atoms with Gasteiger partial charge in [-0.25, -0.2) is 9.97 Å². The van der Waals surface area contributed by atoms with Crippen molar-refractivity contribution in [2.75, 3.05) is 10.6 Å². The van der Waals surface area contributed by atoms with Crippen LogP contribution in [0.25, 0.3) is 10.2 Å². The van der Waals surface area contributed by atoms with Crippen molar-refractivity contribution in [1.29, 1.82) is 0 Å². The lowest BCUT2D eigenvalue weighted by molar-refractivity contribution is -0.138. The van der Waals surface area contributed by atoms with E-state index in [0.717, 1.165) is 52.7 Å². The number of nitrogens with one attached hydrogen (secondary N) is 2. The van der Waals surface area contributed by atoms with Gasteiger partial charge >= 0.3 is 5.97 Å². The van der Waals surface area contributed by atoms with Gasteiger partial charge in [0.05, 0.1) is 27.9 Å². The number of aliphatic carboxylic acids is 1. The number of carboxylic acid groups (broad SMARTS) is 1. The van der Waals surface area contributed by atoms with Crippen molar-refractivity contribution >= 4 is 44.4 Å². The maximum Gasteiger partial charge on any atom is 0.310 e. The lowest BCUT2D eigenvalue weighted by atomic mass is 9.93. The molecular formula is C28H31N5O3S. The molecule has 192 valence electrons. The zero-order chi connectivity index (χ0) is 25.8. The monoisotopic (exact) mass is 517 g/mol. The van der Waals surface area contributed by atoms with Gasteiger partial charge in [-0.15, -0.1) is 0 Å². The third-order valence-electron chi connectivity index (χ3n) is 6.79. The fourth-order valence-electron chi connectivity index (χ4n) is 4.80. The molecule has 0 amide bonds. The highest BCUT2D eigenvalue weighted by Gasteiger charge is 2.21. The van der Waals surface area contributed by atoms with E-state index >= 15 is 0 Å². The molecule has 1 atom stereocenters. The largest absolute Gasteiger partial charge is 0.481 e. The number of rotatable bonds is 9. The molecule has 0 spiro atoms. The highest BCUT2D eigenvalue weighted by molar-refractivity contribution is 7.22. The summed E-state index contributed by atoms with van der Waals surface area (Å²) in [7, 11) is 0. The van der Waals surface area contributed by atoms with Gasteiger partial charge in [-0.2, -0.15) is 4.98 Å². The molecule has 8 nitrogen and oxygen atoms in total. The first kappa shape index (κ1) is 25.1. The minimum absolute atomic E-state index is 0.219. The quantitative estimate of drug-likeness (QED) is 0.223. The lowest BCUT2D eigenvalue weighted by Crippen LogP contribution is -2.29. The summed E-state index contributed by atoms with van der Waals surface area (Å²) < 4.78 is 0.928. The highest BCUT2D eigenvalue weighted by atomic mass is 32.1. The summed E-state index contributed by atoms with van der Waals surface area (Å²) in [5.74, 6) is -0.132. The van der Waals surface area contributed by atoms with E-state index in [-0.39, 0.29) is 12.1 Å². The Balaban J connectivity index is 1.41. The second-order valence-electron chi connectivity index (χ2n) is 9.55. The molecule has 37 heavy (non-hydrogen) atoms. The third kappa shape index (κ3) is 6.23. The van der Waals surface area contributed by atoms with Gasteiger partial charge in [-0.3, -0.25) is 4.79 Å². The first-order valence-corrected chi connectivity index (χ1v) is 13.5. The number of fused-ring (bicyclic) bond motifs is 1. The number of nitrogens with zero attached hydrogens (tertiary/aromatic N) is 3. The van der Waals surface area contributed by atoms with Crippen molar-refractivity contribution in [3.63, 3.8) is 0 Å². The molecule has 1 saturated carbocycles. The van der Waals surface area contributed by atoms with Crippen LogP contribution in [-0.2, 0) is 11.2 Å². The number of hydrogen-bond acceptors (Lipinski definition) is 8. The maximum absolute atomic E-state index is 11.6. The van der Waals surface area contributed by atoms with Gasteiger partial charge in [0.15, 0.2) is 5.13 Å². The van der Waals surface area contributed by atoms with Crippen LogP contribution < -0.4 is 10.6 Å². The Morgan fingerprint density at radius 2 is 1.84 bits per heavy atom. The average Bonchev–Trinajstić information content (AvgIpc) is 3.28. The van der Waals surface area contributed by atoms with E-state index in [0.29, 0.717) is 29.7 Å². The van der Waals surface area contributed by atoms with Crippen LogP contribution in [0.15, 0.2) is 54.6 Å². The van der Waals surface area contributed by atoms with Gasteiger partial charge in [0.1, 0.15) is 5.82 Å². The molecule has 1 aliphatic carbocycles. The van der Waals surface area contributed by atoms with E-state index in [9.17, 15) is 15.0 Å². The van der Waals surface area contributed by atoms with Crippen molar-refractivity contribution < 1.29 is 15.0 Å². The average molecular weight is 518 g/mol. The molecule has 0 radical (unpaired) electrons. The van der Waals surface area contributed by atoms with Crippen LogP contribution in [0.1, 0.15) is 61.8 Å². The molecule has 2 aromatic heterocycles. The number of hydrogen-bond donors (Lipinski definition) is 4. The number of benzene rings is 2. The first-order valence-electron chi connectivity index (χ1n) is 12.7. The molecule has 0 saturated heterocycles. The number of thiazole rings is 1. The predicted molar refractivity (Wildman–Crippen MR) is 147 cm³/mol. The summed E-state index contributed by atoms with van der Waals surface area (Å²) in [5.41, 5.74) is 3.65. The van der Waals surface area contributed by atoms with Gasteiger partial charge < -0.3 is 20.8 Å². The van der Waals surface area contributed by atoms with Crippen molar-refractivity contribution in [2.45, 2.75) is 63.5 Å². The zero-order valence-electron chi connectivity index (χ0n) is 20.7. The Labute approximate surface area is 219 Å². The zero-order valence-corrected chi connectivity index (χ0v) is 21.5. The van der Waals surface area contributed by atoms with Gasteiger partial charge in [-0.05, 0) is 55.4 Å².